The fraction of sp³-hybridized carbons (Fsp3) is 0.316. The summed E-state index contributed by atoms with van der Waals surface area (Å²) in [6.07, 6.45) is 0. The second-order valence-corrected chi connectivity index (χ2v) is 7.25. The van der Waals surface area contributed by atoms with Crippen LogP contribution >= 0.6 is 35.6 Å². The molecule has 2 aromatic carbocycles. The van der Waals surface area contributed by atoms with Crippen molar-refractivity contribution in [3.8, 4) is 0 Å². The Bertz CT molecular complexity index is 795. The Morgan fingerprint density at radius 3 is 2.50 bits per heavy atom. The van der Waals surface area contributed by atoms with E-state index in [-0.39, 0.29) is 24.4 Å². The maximum absolute atomic E-state index is 11.8. The molecule has 1 unspecified atom stereocenters. The van der Waals surface area contributed by atoms with Crippen molar-refractivity contribution in [3.05, 3.63) is 63.1 Å². The summed E-state index contributed by atoms with van der Waals surface area (Å²) in [5.74, 6) is 0.198. The molecule has 2 aromatic rings. The first-order valence-electron chi connectivity index (χ1n) is 8.12. The lowest BCUT2D eigenvalue weighted by Crippen LogP contribution is -2.34. The quantitative estimate of drug-likeness (QED) is 0.768. The number of amides is 2. The summed E-state index contributed by atoms with van der Waals surface area (Å²) in [6, 6.07) is 11.7. The molecule has 1 aliphatic rings. The molecular weight excluding hydrogens is 393 g/mol. The number of nitrogens with one attached hydrogen (secondary N) is 1. The van der Waals surface area contributed by atoms with E-state index in [1.807, 2.05) is 18.2 Å². The number of hydrogen-bond acceptors (Lipinski definition) is 2. The van der Waals surface area contributed by atoms with E-state index in [4.69, 9.17) is 23.2 Å². The third-order valence-electron chi connectivity index (χ3n) is 4.69. The van der Waals surface area contributed by atoms with Crippen molar-refractivity contribution in [2.45, 2.75) is 12.5 Å². The molecule has 0 radical (unpaired) electrons. The Morgan fingerprint density at radius 1 is 1.23 bits per heavy atom. The third-order valence-corrected chi connectivity index (χ3v) is 5.25. The monoisotopic (exact) mass is 413 g/mol. The second kappa shape index (κ2) is 8.49. The van der Waals surface area contributed by atoms with E-state index >= 15 is 0 Å². The van der Waals surface area contributed by atoms with E-state index < -0.39 is 0 Å². The SMILES string of the molecule is CNC(=O)N(C)c1ccc(C2CN(C)Cc3c(Cl)cc(Cl)cc32)cc1.Cl. The molecule has 0 aliphatic carbocycles. The number of rotatable bonds is 2. The van der Waals surface area contributed by atoms with E-state index in [0.717, 1.165) is 29.4 Å². The lowest BCUT2D eigenvalue weighted by atomic mass is 9.84. The van der Waals surface area contributed by atoms with Crippen LogP contribution in [0.25, 0.3) is 0 Å². The van der Waals surface area contributed by atoms with Crippen molar-refractivity contribution in [3.63, 3.8) is 0 Å². The lowest BCUT2D eigenvalue weighted by Gasteiger charge is -2.33. The first kappa shape index (κ1) is 20.8. The van der Waals surface area contributed by atoms with Crippen LogP contribution in [0.1, 0.15) is 22.6 Å². The maximum atomic E-state index is 11.8. The molecule has 0 saturated carbocycles. The number of halogens is 3. The minimum absolute atomic E-state index is 0. The number of nitrogens with zero attached hydrogens (tertiary/aromatic N) is 2. The van der Waals surface area contributed by atoms with Gasteiger partial charge in [-0.25, -0.2) is 4.79 Å². The Kier molecular flexibility index (Phi) is 6.80. The molecule has 26 heavy (non-hydrogen) atoms. The van der Waals surface area contributed by atoms with Gasteiger partial charge in [-0.3, -0.25) is 4.90 Å². The summed E-state index contributed by atoms with van der Waals surface area (Å²) in [5.41, 5.74) is 4.34. The highest BCUT2D eigenvalue weighted by Gasteiger charge is 2.27. The molecule has 1 aliphatic heterocycles. The van der Waals surface area contributed by atoms with Gasteiger partial charge >= 0.3 is 6.03 Å². The Balaban J connectivity index is 0.00000243. The molecule has 7 heteroatoms. The van der Waals surface area contributed by atoms with Crippen LogP contribution in [0.3, 0.4) is 0 Å². The zero-order chi connectivity index (χ0) is 18.1. The van der Waals surface area contributed by atoms with Crippen LogP contribution in [0.15, 0.2) is 36.4 Å². The Hall–Kier alpha value is -1.46. The molecule has 0 spiro atoms. The number of anilines is 1. The summed E-state index contributed by atoms with van der Waals surface area (Å²) in [7, 11) is 5.46. The number of hydrogen-bond donors (Lipinski definition) is 1. The van der Waals surface area contributed by atoms with Gasteiger partial charge in [-0.1, -0.05) is 35.3 Å². The van der Waals surface area contributed by atoms with Gasteiger partial charge in [0, 0.05) is 48.8 Å². The average molecular weight is 415 g/mol. The first-order valence-corrected chi connectivity index (χ1v) is 8.88. The minimum Gasteiger partial charge on any atom is -0.341 e. The smallest absolute Gasteiger partial charge is 0.321 e. The molecule has 1 N–H and O–H groups in total. The minimum atomic E-state index is -0.144. The zero-order valence-corrected chi connectivity index (χ0v) is 17.3. The molecule has 1 heterocycles. The van der Waals surface area contributed by atoms with Crippen LogP contribution in [0.2, 0.25) is 10.0 Å². The van der Waals surface area contributed by atoms with Crippen molar-refractivity contribution >= 4 is 47.3 Å². The number of fused-ring (bicyclic) bond motifs is 1. The van der Waals surface area contributed by atoms with E-state index in [1.165, 1.54) is 11.1 Å². The van der Waals surface area contributed by atoms with Crippen LogP contribution in [-0.2, 0) is 6.54 Å². The molecule has 0 bridgehead atoms. The van der Waals surface area contributed by atoms with Crippen LogP contribution in [0.4, 0.5) is 10.5 Å². The van der Waals surface area contributed by atoms with Gasteiger partial charge in [0.25, 0.3) is 0 Å². The van der Waals surface area contributed by atoms with Gasteiger partial charge in [-0.05, 0) is 48.0 Å². The summed E-state index contributed by atoms with van der Waals surface area (Å²) in [4.78, 5) is 15.6. The van der Waals surface area contributed by atoms with Gasteiger partial charge in [0.15, 0.2) is 0 Å². The highest BCUT2D eigenvalue weighted by atomic mass is 35.5. The van der Waals surface area contributed by atoms with Crippen LogP contribution < -0.4 is 10.2 Å². The third kappa shape index (κ3) is 4.09. The van der Waals surface area contributed by atoms with Gasteiger partial charge in [0.05, 0.1) is 0 Å². The number of likely N-dealkylation sites (N-methyl/N-ethyl adjacent to an activating group) is 1. The normalized spacial score (nSPS) is 16.4. The fourth-order valence-electron chi connectivity index (χ4n) is 3.35. The Morgan fingerprint density at radius 2 is 1.88 bits per heavy atom. The second-order valence-electron chi connectivity index (χ2n) is 6.41. The number of benzene rings is 2. The highest BCUT2D eigenvalue weighted by Crippen LogP contribution is 2.38. The van der Waals surface area contributed by atoms with Gasteiger partial charge in [0.2, 0.25) is 0 Å². The van der Waals surface area contributed by atoms with E-state index in [0.29, 0.717) is 5.02 Å². The molecule has 140 valence electrons. The molecule has 0 fully saturated rings. The summed E-state index contributed by atoms with van der Waals surface area (Å²) in [5, 5.41) is 4.00. The molecule has 0 aromatic heterocycles. The van der Waals surface area contributed by atoms with Crippen LogP contribution in [-0.4, -0.2) is 38.6 Å². The number of carbonyl (C=O) groups excluding carboxylic acids is 1. The van der Waals surface area contributed by atoms with E-state index in [9.17, 15) is 4.79 Å². The molecule has 4 nitrogen and oxygen atoms in total. The highest BCUT2D eigenvalue weighted by molar-refractivity contribution is 6.35. The topological polar surface area (TPSA) is 35.6 Å². The predicted molar refractivity (Wildman–Crippen MR) is 111 cm³/mol. The van der Waals surface area contributed by atoms with Crippen molar-refractivity contribution in [1.29, 1.82) is 0 Å². The standard InChI is InChI=1S/C19H21Cl2N3O.ClH/c1-22-19(25)24(3)14-6-4-12(5-7-14)16-10-23(2)11-17-15(16)8-13(20)9-18(17)21;/h4-9,16H,10-11H2,1-3H3,(H,22,25);1H. The van der Waals surface area contributed by atoms with Gasteiger partial charge < -0.3 is 10.2 Å². The number of carbonyl (C=O) groups is 1. The largest absolute Gasteiger partial charge is 0.341 e. The molecule has 0 saturated heterocycles. The molecule has 3 rings (SSSR count). The first-order chi connectivity index (χ1) is 11.9. The van der Waals surface area contributed by atoms with Crippen LogP contribution in [0, 0.1) is 0 Å². The Labute approximate surface area is 170 Å². The zero-order valence-electron chi connectivity index (χ0n) is 14.9. The van der Waals surface area contributed by atoms with Crippen molar-refractivity contribution < 1.29 is 4.79 Å². The van der Waals surface area contributed by atoms with E-state index in [2.05, 4.69) is 29.4 Å². The van der Waals surface area contributed by atoms with Gasteiger partial charge in [-0.2, -0.15) is 0 Å². The summed E-state index contributed by atoms with van der Waals surface area (Å²) in [6.45, 7) is 1.72. The van der Waals surface area contributed by atoms with Gasteiger partial charge in [0.1, 0.15) is 0 Å². The predicted octanol–water partition coefficient (Wildman–Crippen LogP) is 4.77. The molecular formula is C19H22Cl3N3O. The fourth-order valence-corrected chi connectivity index (χ4v) is 3.91. The van der Waals surface area contributed by atoms with Crippen molar-refractivity contribution in [2.75, 3.05) is 32.6 Å². The van der Waals surface area contributed by atoms with E-state index in [1.54, 1.807) is 25.1 Å². The molecule has 2 amide bonds. The van der Waals surface area contributed by atoms with Gasteiger partial charge in [-0.15, -0.1) is 12.4 Å². The number of urea groups is 1. The average Bonchev–Trinajstić information content (AvgIpc) is 2.60. The summed E-state index contributed by atoms with van der Waals surface area (Å²) >= 11 is 12.7. The maximum Gasteiger partial charge on any atom is 0.321 e. The lowest BCUT2D eigenvalue weighted by molar-refractivity contribution is 0.249. The van der Waals surface area contributed by atoms with Crippen molar-refractivity contribution in [1.82, 2.24) is 10.2 Å². The van der Waals surface area contributed by atoms with Crippen molar-refractivity contribution in [2.24, 2.45) is 0 Å². The van der Waals surface area contributed by atoms with Crippen LogP contribution in [0.5, 0.6) is 0 Å². The molecule has 1 atom stereocenters. The summed E-state index contributed by atoms with van der Waals surface area (Å²) < 4.78 is 0.